The number of carbonyl (C=O) groups excluding carboxylic acids is 3. The van der Waals surface area contributed by atoms with Gasteiger partial charge < -0.3 is 10.1 Å². The average molecular weight is 473 g/mol. The van der Waals surface area contributed by atoms with Crippen molar-refractivity contribution in [2.75, 3.05) is 19.6 Å². The number of hydrogen-bond donors (Lipinski definition) is 1. The van der Waals surface area contributed by atoms with Gasteiger partial charge in [-0.15, -0.1) is 0 Å². The Morgan fingerprint density at radius 2 is 1.68 bits per heavy atom. The van der Waals surface area contributed by atoms with Crippen molar-refractivity contribution in [3.8, 4) is 0 Å². The molecule has 13 heteroatoms. The molecule has 0 spiro atoms. The fourth-order valence-electron chi connectivity index (χ4n) is 3.62. The Bertz CT molecular complexity index is 1210. The first-order valence-corrected chi connectivity index (χ1v) is 12.5. The molecule has 31 heavy (non-hydrogen) atoms. The lowest BCUT2D eigenvalue weighted by Crippen LogP contribution is -2.26. The SMILES string of the molecule is CNC(=O)OCc1cc2c(c3c1C(OS(C)(=O)=O)C(OS(C)(=O)=O)C3)C(=O)C=CC2=O. The van der Waals surface area contributed by atoms with Crippen LogP contribution in [-0.2, 0) is 46.4 Å². The second-order valence-electron chi connectivity index (χ2n) is 7.00. The van der Waals surface area contributed by atoms with E-state index in [0.29, 0.717) is 0 Å². The van der Waals surface area contributed by atoms with Crippen LogP contribution in [0.3, 0.4) is 0 Å². The van der Waals surface area contributed by atoms with Gasteiger partial charge >= 0.3 is 6.09 Å². The zero-order valence-corrected chi connectivity index (χ0v) is 18.3. The van der Waals surface area contributed by atoms with Gasteiger partial charge in [-0.05, 0) is 34.9 Å². The van der Waals surface area contributed by atoms with Gasteiger partial charge in [0.2, 0.25) is 0 Å². The Kier molecular flexibility index (Phi) is 6.06. The van der Waals surface area contributed by atoms with Gasteiger partial charge in [-0.25, -0.2) is 4.79 Å². The first-order valence-electron chi connectivity index (χ1n) is 8.87. The van der Waals surface area contributed by atoms with Gasteiger partial charge in [0.1, 0.15) is 18.8 Å². The van der Waals surface area contributed by atoms with Crippen LogP contribution in [0.4, 0.5) is 4.79 Å². The molecule has 0 fully saturated rings. The third-order valence-corrected chi connectivity index (χ3v) is 5.78. The van der Waals surface area contributed by atoms with E-state index in [-0.39, 0.29) is 34.2 Å². The number of benzene rings is 1. The highest BCUT2D eigenvalue weighted by Crippen LogP contribution is 2.44. The van der Waals surface area contributed by atoms with Gasteiger partial charge in [0, 0.05) is 24.6 Å². The molecule has 2 aliphatic carbocycles. The van der Waals surface area contributed by atoms with E-state index in [1.807, 2.05) is 0 Å². The lowest BCUT2D eigenvalue weighted by molar-refractivity contribution is 0.0763. The molecular weight excluding hydrogens is 454 g/mol. The largest absolute Gasteiger partial charge is 0.445 e. The molecule has 2 unspecified atom stereocenters. The monoisotopic (exact) mass is 473 g/mol. The molecule has 1 N–H and O–H groups in total. The second kappa shape index (κ2) is 8.15. The van der Waals surface area contributed by atoms with E-state index in [1.165, 1.54) is 13.1 Å². The summed E-state index contributed by atoms with van der Waals surface area (Å²) in [5, 5.41) is 2.25. The minimum Gasteiger partial charge on any atom is -0.445 e. The van der Waals surface area contributed by atoms with Crippen LogP contribution in [0.2, 0.25) is 0 Å². The summed E-state index contributed by atoms with van der Waals surface area (Å²) in [5.74, 6) is -0.991. The normalized spacial score (nSPS) is 20.4. The summed E-state index contributed by atoms with van der Waals surface area (Å²) in [5.41, 5.74) is 0.547. The zero-order chi connectivity index (χ0) is 23.1. The third kappa shape index (κ3) is 5.01. The molecule has 2 aliphatic rings. The van der Waals surface area contributed by atoms with Crippen molar-refractivity contribution < 1.29 is 44.3 Å². The topological polar surface area (TPSA) is 159 Å². The number of hydrogen-bond acceptors (Lipinski definition) is 10. The van der Waals surface area contributed by atoms with Gasteiger partial charge in [0.15, 0.2) is 11.6 Å². The number of fused-ring (bicyclic) bond motifs is 3. The standard InChI is InChI=1S/C18H19NO10S2/c1-19-18(22)27-8-9-6-10-12(20)4-5-13(21)16(10)11-7-14(28-30(2,23)24)17(15(9)11)29-31(3,25)26/h4-6,14,17H,7-8H2,1-3H3,(H,19,22). The Morgan fingerprint density at radius 3 is 2.26 bits per heavy atom. The molecule has 0 heterocycles. The predicted octanol–water partition coefficient (Wildman–Crippen LogP) is 0.396. The van der Waals surface area contributed by atoms with Crippen LogP contribution in [-0.4, -0.2) is 60.2 Å². The highest BCUT2D eigenvalue weighted by molar-refractivity contribution is 7.86. The van der Waals surface area contributed by atoms with E-state index < -0.39 is 56.7 Å². The summed E-state index contributed by atoms with van der Waals surface area (Å²) >= 11 is 0. The summed E-state index contributed by atoms with van der Waals surface area (Å²) in [6, 6.07) is 1.31. The fourth-order valence-corrected chi connectivity index (χ4v) is 4.83. The second-order valence-corrected chi connectivity index (χ2v) is 10.2. The van der Waals surface area contributed by atoms with Crippen LogP contribution in [0.5, 0.6) is 0 Å². The molecule has 3 rings (SSSR count). The van der Waals surface area contributed by atoms with Crippen LogP contribution < -0.4 is 5.32 Å². The van der Waals surface area contributed by atoms with Crippen molar-refractivity contribution >= 4 is 37.9 Å². The lowest BCUT2D eigenvalue weighted by Gasteiger charge is -2.22. The Labute approximate surface area is 178 Å². The van der Waals surface area contributed by atoms with Gasteiger partial charge in [-0.3, -0.25) is 18.0 Å². The highest BCUT2D eigenvalue weighted by Gasteiger charge is 2.44. The van der Waals surface area contributed by atoms with Crippen LogP contribution in [0.25, 0.3) is 0 Å². The minimum absolute atomic E-state index is 0.00731. The summed E-state index contributed by atoms with van der Waals surface area (Å²) in [6.07, 6.45) is -0.0504. The molecule has 0 bridgehead atoms. The lowest BCUT2D eigenvalue weighted by atomic mass is 9.86. The molecule has 1 aromatic rings. The number of rotatable bonds is 6. The molecule has 0 radical (unpaired) electrons. The van der Waals surface area contributed by atoms with E-state index >= 15 is 0 Å². The van der Waals surface area contributed by atoms with Crippen LogP contribution in [0, 0.1) is 0 Å². The molecule has 2 atom stereocenters. The van der Waals surface area contributed by atoms with Crippen molar-refractivity contribution in [2.24, 2.45) is 0 Å². The van der Waals surface area contributed by atoms with E-state index in [9.17, 15) is 31.2 Å². The van der Waals surface area contributed by atoms with Gasteiger partial charge in [0.05, 0.1) is 12.5 Å². The number of allylic oxidation sites excluding steroid dienone is 2. The zero-order valence-electron chi connectivity index (χ0n) is 16.7. The van der Waals surface area contributed by atoms with Gasteiger partial charge in [0.25, 0.3) is 20.2 Å². The smallest absolute Gasteiger partial charge is 0.407 e. The number of ketones is 2. The van der Waals surface area contributed by atoms with Crippen molar-refractivity contribution in [1.82, 2.24) is 5.32 Å². The maximum atomic E-state index is 12.5. The maximum absolute atomic E-state index is 12.5. The summed E-state index contributed by atoms with van der Waals surface area (Å²) in [7, 11) is -6.80. The first-order chi connectivity index (χ1) is 14.3. The number of alkyl carbamates (subject to hydrolysis) is 1. The van der Waals surface area contributed by atoms with Crippen molar-refractivity contribution in [1.29, 1.82) is 0 Å². The van der Waals surface area contributed by atoms with E-state index in [1.54, 1.807) is 0 Å². The average Bonchev–Trinajstić information content (AvgIpc) is 2.97. The molecule has 0 aromatic heterocycles. The first kappa shape index (κ1) is 23.1. The predicted molar refractivity (Wildman–Crippen MR) is 106 cm³/mol. The van der Waals surface area contributed by atoms with Crippen LogP contribution in [0.15, 0.2) is 18.2 Å². The summed E-state index contributed by atoms with van der Waals surface area (Å²) < 4.78 is 62.5. The number of carbonyl (C=O) groups is 3. The molecular formula is C18H19NO10S2. The molecule has 1 amide bonds. The Balaban J connectivity index is 2.23. The molecule has 1 aromatic carbocycles. The van der Waals surface area contributed by atoms with Crippen molar-refractivity contribution in [2.45, 2.75) is 25.2 Å². The Morgan fingerprint density at radius 1 is 1.06 bits per heavy atom. The molecule has 0 saturated heterocycles. The van der Waals surface area contributed by atoms with Gasteiger partial charge in [-0.2, -0.15) is 16.8 Å². The number of amides is 1. The summed E-state index contributed by atoms with van der Waals surface area (Å²) in [4.78, 5) is 36.5. The quantitative estimate of drug-likeness (QED) is 0.573. The van der Waals surface area contributed by atoms with Crippen LogP contribution >= 0.6 is 0 Å². The fraction of sp³-hybridized carbons (Fsp3) is 0.389. The van der Waals surface area contributed by atoms with E-state index in [4.69, 9.17) is 13.1 Å². The van der Waals surface area contributed by atoms with E-state index in [0.717, 1.165) is 24.7 Å². The van der Waals surface area contributed by atoms with Crippen LogP contribution in [0.1, 0.15) is 43.5 Å². The maximum Gasteiger partial charge on any atom is 0.407 e. The number of nitrogens with one attached hydrogen (secondary N) is 1. The third-order valence-electron chi connectivity index (χ3n) is 4.63. The molecule has 0 aliphatic heterocycles. The summed E-state index contributed by atoms with van der Waals surface area (Å²) in [6.45, 7) is -0.393. The highest BCUT2D eigenvalue weighted by atomic mass is 32.2. The molecule has 11 nitrogen and oxygen atoms in total. The molecule has 168 valence electrons. The van der Waals surface area contributed by atoms with Gasteiger partial charge in [-0.1, -0.05) is 0 Å². The number of ether oxygens (including phenoxy) is 1. The minimum atomic E-state index is -4.10. The van der Waals surface area contributed by atoms with Crippen molar-refractivity contribution in [3.05, 3.63) is 46.0 Å². The molecule has 0 saturated carbocycles. The Hall–Kier alpha value is -2.61. The van der Waals surface area contributed by atoms with Crippen molar-refractivity contribution in [3.63, 3.8) is 0 Å². The van der Waals surface area contributed by atoms with E-state index in [2.05, 4.69) is 5.32 Å².